The van der Waals surface area contributed by atoms with E-state index in [4.69, 9.17) is 0 Å². The Labute approximate surface area is 135 Å². The van der Waals surface area contributed by atoms with Gasteiger partial charge in [-0.05, 0) is 12.1 Å². The first-order valence-electron chi connectivity index (χ1n) is 7.38. The molecule has 0 atom stereocenters. The average Bonchev–Trinajstić information content (AvgIpc) is 3.04. The smallest absolute Gasteiger partial charge is 0.318 e. The summed E-state index contributed by atoms with van der Waals surface area (Å²) in [5.41, 5.74) is 1.16. The van der Waals surface area contributed by atoms with E-state index in [0.29, 0.717) is 16.9 Å². The Morgan fingerprint density at radius 3 is 2.54 bits per heavy atom. The van der Waals surface area contributed by atoms with Gasteiger partial charge < -0.3 is 4.90 Å². The summed E-state index contributed by atoms with van der Waals surface area (Å²) in [6, 6.07) is 5.05. The van der Waals surface area contributed by atoms with Gasteiger partial charge >= 0.3 is 6.55 Å². The van der Waals surface area contributed by atoms with Crippen molar-refractivity contribution in [3.8, 4) is 17.2 Å². The molecule has 1 aliphatic heterocycles. The highest BCUT2D eigenvalue weighted by molar-refractivity contribution is 5.72. The zero-order valence-electron chi connectivity index (χ0n) is 12.6. The van der Waals surface area contributed by atoms with Crippen LogP contribution in [0, 0.1) is 11.3 Å². The Balaban J connectivity index is 1.92. The van der Waals surface area contributed by atoms with Gasteiger partial charge in [-0.3, -0.25) is 4.57 Å². The summed E-state index contributed by atoms with van der Waals surface area (Å²) in [4.78, 5) is 5.87. The van der Waals surface area contributed by atoms with Gasteiger partial charge in [-0.25, -0.2) is 13.8 Å². The SMILES string of the molecule is N#Cc1cnc(N2CCC(F)(F)CC2)cc1-c1ccn(C(F)F)c1. The molecule has 3 rings (SSSR count). The molecule has 0 saturated carbocycles. The first kappa shape index (κ1) is 16.3. The molecule has 1 aliphatic rings. The van der Waals surface area contributed by atoms with Crippen molar-refractivity contribution in [3.63, 3.8) is 0 Å². The van der Waals surface area contributed by atoms with E-state index in [1.807, 2.05) is 6.07 Å². The van der Waals surface area contributed by atoms with Gasteiger partial charge in [0.1, 0.15) is 11.9 Å². The number of rotatable bonds is 3. The highest BCUT2D eigenvalue weighted by atomic mass is 19.3. The van der Waals surface area contributed by atoms with Gasteiger partial charge in [-0.15, -0.1) is 0 Å². The Bertz CT molecular complexity index is 769. The third-order valence-electron chi connectivity index (χ3n) is 4.08. The van der Waals surface area contributed by atoms with E-state index in [9.17, 15) is 22.8 Å². The van der Waals surface area contributed by atoms with Crippen LogP contribution in [0.15, 0.2) is 30.7 Å². The number of nitrogens with zero attached hydrogens (tertiary/aromatic N) is 4. The van der Waals surface area contributed by atoms with E-state index in [1.54, 1.807) is 11.0 Å². The number of piperidine rings is 1. The van der Waals surface area contributed by atoms with E-state index in [0.717, 1.165) is 4.57 Å². The first-order chi connectivity index (χ1) is 11.4. The Kier molecular flexibility index (Phi) is 4.18. The molecule has 0 radical (unpaired) electrons. The summed E-state index contributed by atoms with van der Waals surface area (Å²) in [7, 11) is 0. The molecule has 3 heterocycles. The summed E-state index contributed by atoms with van der Waals surface area (Å²) in [6.07, 6.45) is 3.30. The minimum absolute atomic E-state index is 0.156. The van der Waals surface area contributed by atoms with E-state index < -0.39 is 12.5 Å². The summed E-state index contributed by atoms with van der Waals surface area (Å²) in [5, 5.41) is 9.21. The van der Waals surface area contributed by atoms with Crippen LogP contribution >= 0.6 is 0 Å². The normalized spacial score (nSPS) is 17.1. The number of nitriles is 1. The second-order valence-electron chi connectivity index (χ2n) is 5.67. The van der Waals surface area contributed by atoms with Gasteiger partial charge in [0.05, 0.1) is 5.56 Å². The van der Waals surface area contributed by atoms with Gasteiger partial charge in [-0.1, -0.05) is 0 Å². The highest BCUT2D eigenvalue weighted by Gasteiger charge is 2.34. The van der Waals surface area contributed by atoms with Crippen molar-refractivity contribution >= 4 is 5.82 Å². The van der Waals surface area contributed by atoms with E-state index in [1.165, 1.54) is 24.7 Å². The molecule has 0 spiro atoms. The third kappa shape index (κ3) is 3.20. The predicted molar refractivity (Wildman–Crippen MR) is 80.0 cm³/mol. The van der Waals surface area contributed by atoms with Crippen molar-refractivity contribution in [1.82, 2.24) is 9.55 Å². The van der Waals surface area contributed by atoms with Crippen molar-refractivity contribution in [3.05, 3.63) is 36.3 Å². The van der Waals surface area contributed by atoms with Crippen LogP contribution in [0.2, 0.25) is 0 Å². The van der Waals surface area contributed by atoms with Crippen molar-refractivity contribution in [1.29, 1.82) is 5.26 Å². The molecular formula is C16H14F4N4. The van der Waals surface area contributed by atoms with Gasteiger partial charge in [-0.2, -0.15) is 14.0 Å². The monoisotopic (exact) mass is 338 g/mol. The fourth-order valence-electron chi connectivity index (χ4n) is 2.70. The lowest BCUT2D eigenvalue weighted by molar-refractivity contribution is -0.0221. The molecule has 0 aliphatic carbocycles. The molecule has 1 saturated heterocycles. The Morgan fingerprint density at radius 2 is 1.96 bits per heavy atom. The lowest BCUT2D eigenvalue weighted by Crippen LogP contribution is -2.39. The minimum atomic E-state index is -2.67. The van der Waals surface area contributed by atoms with Gasteiger partial charge in [0.25, 0.3) is 5.92 Å². The van der Waals surface area contributed by atoms with Crippen molar-refractivity contribution < 1.29 is 17.6 Å². The second-order valence-corrected chi connectivity index (χ2v) is 5.67. The lowest BCUT2D eigenvalue weighted by atomic mass is 10.0. The molecule has 2 aromatic heterocycles. The second kappa shape index (κ2) is 6.15. The zero-order valence-corrected chi connectivity index (χ0v) is 12.6. The van der Waals surface area contributed by atoms with Crippen LogP contribution in [0.4, 0.5) is 23.4 Å². The zero-order chi connectivity index (χ0) is 17.3. The standard InChI is InChI=1S/C16H14F4N4/c17-15(18)24-4-1-11(10-24)13-7-14(22-9-12(13)8-21)23-5-2-16(19,20)3-6-23/h1,4,7,9-10,15H,2-3,5-6H2. The van der Waals surface area contributed by atoms with Gasteiger partial charge in [0.15, 0.2) is 0 Å². The van der Waals surface area contributed by atoms with Crippen molar-refractivity contribution in [2.45, 2.75) is 25.3 Å². The van der Waals surface area contributed by atoms with Crippen LogP contribution in [-0.4, -0.2) is 28.6 Å². The molecule has 8 heteroatoms. The van der Waals surface area contributed by atoms with Gasteiger partial charge in [0, 0.05) is 55.6 Å². The number of hydrogen-bond acceptors (Lipinski definition) is 3. The topological polar surface area (TPSA) is 44.9 Å². The molecule has 0 bridgehead atoms. The van der Waals surface area contributed by atoms with E-state index >= 15 is 0 Å². The number of aromatic nitrogens is 2. The number of alkyl halides is 4. The minimum Gasteiger partial charge on any atom is -0.356 e. The summed E-state index contributed by atoms with van der Waals surface area (Å²) in [5.74, 6) is -2.20. The molecule has 1 fully saturated rings. The maximum absolute atomic E-state index is 13.3. The molecule has 0 unspecified atom stereocenters. The third-order valence-corrected chi connectivity index (χ3v) is 4.08. The predicted octanol–water partition coefficient (Wildman–Crippen LogP) is 4.05. The van der Waals surface area contributed by atoms with Crippen LogP contribution in [0.1, 0.15) is 25.0 Å². The van der Waals surface area contributed by atoms with Crippen LogP contribution in [0.3, 0.4) is 0 Å². The van der Waals surface area contributed by atoms with Crippen LogP contribution in [0.5, 0.6) is 0 Å². The number of pyridine rings is 1. The summed E-state index contributed by atoms with van der Waals surface area (Å²) >= 11 is 0. The summed E-state index contributed by atoms with van der Waals surface area (Å²) < 4.78 is 52.7. The quantitative estimate of drug-likeness (QED) is 0.793. The number of anilines is 1. The molecule has 2 aromatic rings. The fraction of sp³-hybridized carbons (Fsp3) is 0.375. The molecule has 4 nitrogen and oxygen atoms in total. The molecule has 126 valence electrons. The average molecular weight is 338 g/mol. The van der Waals surface area contributed by atoms with Crippen LogP contribution in [-0.2, 0) is 0 Å². The van der Waals surface area contributed by atoms with Gasteiger partial charge in [0.2, 0.25) is 0 Å². The molecule has 0 aromatic carbocycles. The van der Waals surface area contributed by atoms with E-state index in [2.05, 4.69) is 4.98 Å². The number of hydrogen-bond donors (Lipinski definition) is 0. The van der Waals surface area contributed by atoms with Crippen LogP contribution in [0.25, 0.3) is 11.1 Å². The first-order valence-corrected chi connectivity index (χ1v) is 7.38. The highest BCUT2D eigenvalue weighted by Crippen LogP contribution is 2.32. The molecule has 0 amide bonds. The molecule has 24 heavy (non-hydrogen) atoms. The maximum Gasteiger partial charge on any atom is 0.318 e. The maximum atomic E-state index is 13.3. The number of halogens is 4. The Morgan fingerprint density at radius 1 is 1.25 bits per heavy atom. The van der Waals surface area contributed by atoms with Crippen molar-refractivity contribution in [2.24, 2.45) is 0 Å². The molecule has 0 N–H and O–H groups in total. The largest absolute Gasteiger partial charge is 0.356 e. The lowest BCUT2D eigenvalue weighted by Gasteiger charge is -2.32. The Hall–Kier alpha value is -2.56. The van der Waals surface area contributed by atoms with E-state index in [-0.39, 0.29) is 31.5 Å². The van der Waals surface area contributed by atoms with Crippen molar-refractivity contribution in [2.75, 3.05) is 18.0 Å². The molecular weight excluding hydrogens is 324 g/mol. The summed E-state index contributed by atoms with van der Waals surface area (Å²) in [6.45, 7) is -2.36. The van der Waals surface area contributed by atoms with Crippen LogP contribution < -0.4 is 4.90 Å². The fourth-order valence-corrected chi connectivity index (χ4v) is 2.70.